The van der Waals surface area contributed by atoms with Crippen LogP contribution >= 0.6 is 0 Å². The Bertz CT molecular complexity index is 5670. The van der Waals surface area contributed by atoms with E-state index in [9.17, 15) is 149 Å². The molecule has 1 amide bonds. The smallest absolute Gasteiger partial charge is 0.330 e. The summed E-state index contributed by atoms with van der Waals surface area (Å²) in [6, 6.07) is 46.1. The molecule has 26 N–H and O–H groups in total. The van der Waals surface area contributed by atoms with Gasteiger partial charge in [0.05, 0.1) is 75.7 Å². The number of amides is 1. The number of Topliss-reactive ketones (excluding diaryl/α,β-unsaturated/α-hetero) is 9. The molecule has 0 spiro atoms. The maximum atomic E-state index is 13.3. The van der Waals surface area contributed by atoms with Crippen LogP contribution in [0.5, 0.6) is 0 Å². The number of anilines is 2. The molecule has 1 unspecified atom stereocenters. The Morgan fingerprint density at radius 2 is 0.587 bits per heavy atom. The molecular formula is C107H154F2N10O29S2. The second-order valence-corrected chi connectivity index (χ2v) is 36.5. The van der Waals surface area contributed by atoms with E-state index < -0.39 is 157 Å². The van der Waals surface area contributed by atoms with E-state index in [1.807, 2.05) is 60.7 Å². The lowest BCUT2D eigenvalue weighted by Crippen LogP contribution is -2.69. The van der Waals surface area contributed by atoms with Crippen LogP contribution in [0.3, 0.4) is 0 Å². The third-order valence-corrected chi connectivity index (χ3v) is 23.0. The van der Waals surface area contributed by atoms with Gasteiger partial charge in [0.2, 0.25) is 11.6 Å². The number of carbonyl (C=O) groups is 18. The molecule has 8 rings (SSSR count). The van der Waals surface area contributed by atoms with Gasteiger partial charge in [-0.3, -0.25) is 42.6 Å². The minimum atomic E-state index is -3.61. The Morgan fingerprint density at radius 3 is 0.853 bits per heavy atom. The van der Waals surface area contributed by atoms with Gasteiger partial charge in [-0.25, -0.2) is 8.42 Å². The lowest BCUT2D eigenvalue weighted by Gasteiger charge is -2.14. The first-order valence-corrected chi connectivity index (χ1v) is 46.7. The number of hydrogen-bond acceptors (Lipinski definition) is 30. The van der Waals surface area contributed by atoms with Crippen molar-refractivity contribution in [1.82, 2.24) is 0 Å². The summed E-state index contributed by atoms with van der Waals surface area (Å²) in [5.74, 6) is -16.5. The Morgan fingerprint density at radius 1 is 0.320 bits per heavy atom. The van der Waals surface area contributed by atoms with Gasteiger partial charge in [-0.05, 0) is 152 Å². The fraction of sp³-hybridized carbons (Fsp3) is 0.383. The number of quaternary nitrogens is 8. The van der Waals surface area contributed by atoms with Crippen LogP contribution in [0.25, 0.3) is 0 Å². The Labute approximate surface area is 879 Å². The summed E-state index contributed by atoms with van der Waals surface area (Å²) in [6.07, 6.45) is 4.22. The number of aliphatic carboxylic acids is 8. The molecule has 150 heavy (non-hydrogen) atoms. The molecule has 0 saturated carbocycles. The number of sulfone groups is 1. The van der Waals surface area contributed by atoms with E-state index in [0.717, 1.165) is 75.7 Å². The van der Waals surface area contributed by atoms with Crippen molar-refractivity contribution in [3.8, 4) is 0 Å². The van der Waals surface area contributed by atoms with E-state index in [4.69, 9.17) is 0 Å². The van der Waals surface area contributed by atoms with Crippen LogP contribution in [0.1, 0.15) is 206 Å². The molecule has 0 aliphatic rings. The number of carbonyl (C=O) groups excluding carboxylic acids is 18. The maximum absolute atomic E-state index is 13.3. The molecule has 0 fully saturated rings. The summed E-state index contributed by atoms with van der Waals surface area (Å²) in [5, 5.41) is 89.6. The fourth-order valence-electron chi connectivity index (χ4n) is 11.7. The molecule has 43 heteroatoms. The second-order valence-electron chi connectivity index (χ2n) is 33.0. The Hall–Kier alpha value is -14.5. The number of rotatable bonds is 46. The Kier molecular flexibility index (Phi) is 77.3. The zero-order valence-corrected chi connectivity index (χ0v) is 81.6. The average Bonchev–Trinajstić information content (AvgIpc) is 0.802. The molecule has 0 aliphatic carbocycles. The van der Waals surface area contributed by atoms with Gasteiger partial charge in [0.15, 0.2) is 15.6 Å². The lowest BCUT2D eigenvalue weighted by atomic mass is 10.0. The van der Waals surface area contributed by atoms with Crippen LogP contribution in [0, 0.1) is 0 Å². The SMILES string of the molecule is C.C.C.C.C.C.C.C.CC(=O)C(=O)Nc1ccc(C[C@H]([NH3+])C(=O)[O-])cc1.CC(=O)C(F)(F)c1ccc(C[C@H]([NH3+])C(=O)[O-])cc1.CC(=O)CCC(=O)c1ccc(C[C@H]([NH3+])C(=O)[O-])cc1.CC(=O)CCc1ccc(C[C@H]([NH3+])C(=O)[O-])cc1.CC(=O)CNc1ccc(C[C@H]([NH3+])C(=O)[O-])cc1.CC(=O)CS(=O)(=O)c1ccc(C[C@H]([NH3+])C(=O)[O-])cc1.CC(=O)CS(=O)c1ccc(C[C@H]([NH3+])C(=O)[O-])cc1.CC(=O)Cc1ccc(C[C@H]([NH3+])C(=O)[O-])cc1. The van der Waals surface area contributed by atoms with Gasteiger partial charge < -0.3 is 145 Å². The third kappa shape index (κ3) is 63.9. The number of benzene rings is 8. The number of hydrogen-bond donors (Lipinski definition) is 10. The molecule has 39 nitrogen and oxygen atoms in total. The Balaban J connectivity index is -0.000000254. The molecule has 0 radical (unpaired) electrons. The number of alkyl halides is 2. The van der Waals surface area contributed by atoms with Crippen molar-refractivity contribution in [3.05, 3.63) is 261 Å². The van der Waals surface area contributed by atoms with Gasteiger partial charge in [0.1, 0.15) is 88.8 Å². The topological polar surface area (TPSA) is 788 Å². The average molecular weight is 2150 g/mol. The molecule has 9 atom stereocenters. The summed E-state index contributed by atoms with van der Waals surface area (Å²) >= 11 is 0. The third-order valence-electron chi connectivity index (χ3n) is 19.8. The standard InChI is InChI=1S/C14H17NO4.C13H17NO3.C12H13F2NO3.C12H14N2O4.C12H16N2O3.C12H15NO5S.C12H15NO4S.C12H15NO3.8CH4/c1-9(16)2-7-13(17)11-5-3-10(4-6-11)8-12(15)14(18)19;1-9(15)2-3-10-4-6-11(7-5-10)8-12(14)13(16)17;1-7(16)12(13,14)9-4-2-8(3-5-9)6-10(15)11(17)18;1-7(15)11(16)14-9-4-2-8(3-5-9)6-10(13)12(17)18;1-8(15)7-14-10-4-2-9(3-5-10)6-11(13)12(16)17;1-8(14)7-19(17,18)10-4-2-9(3-5-10)6-11(13)12(15)16;1-8(14)7-18(17)10-4-2-9(3-5-10)6-11(13)12(15)16;1-8(14)6-9-2-4-10(5-3-9)7-11(13)12(15)16;;;;;;;;/h3-6,12H,2,7-8,15H2,1H3,(H,18,19);4-7,12H,2-3,8,14H2,1H3,(H,16,17);2-5,10H,6,15H2,1H3,(H,17,18);2-5,10H,6,13H2,1H3,(H,14,16)(H,17,18);2-5,11,14H,6-7,13H2,1H3,(H,16,17);2-5,11H,6-7,13H2,1H3,(H,15,16);2-5,11H,6-7,13H2,1H3,(H,15,16);2-5,11H,6-7,13H2,1H3,(H,15,16);8*1H4/t2*12-;2*10-;2*11-;11-,18?;11-;;;;;;;;/m00000000......../s1. The number of carboxylic acids is 8. The number of nitrogens with one attached hydrogen (secondary N) is 2. The molecule has 0 saturated heterocycles. The van der Waals surface area contributed by atoms with E-state index >= 15 is 0 Å². The van der Waals surface area contributed by atoms with Crippen LogP contribution in [0.4, 0.5) is 20.2 Å². The molecule has 8 aromatic rings. The maximum Gasteiger partial charge on any atom is 0.330 e. The van der Waals surface area contributed by atoms with Crippen LogP contribution in [-0.2, 0) is 172 Å². The molecule has 0 bridgehead atoms. The fourth-order valence-corrected chi connectivity index (χ4v) is 13.9. The van der Waals surface area contributed by atoms with Crippen LogP contribution in [0.15, 0.2) is 204 Å². The van der Waals surface area contributed by atoms with Crippen molar-refractivity contribution in [2.45, 2.75) is 262 Å². The minimum absolute atomic E-state index is 0. The van der Waals surface area contributed by atoms with Crippen molar-refractivity contribution < 1.29 is 194 Å². The molecule has 832 valence electrons. The number of ketones is 9. The van der Waals surface area contributed by atoms with Gasteiger partial charge >= 0.3 is 5.92 Å². The highest BCUT2D eigenvalue weighted by atomic mass is 32.2. The zero-order chi connectivity index (χ0) is 108. The highest BCUT2D eigenvalue weighted by Crippen LogP contribution is 2.29. The predicted molar refractivity (Wildman–Crippen MR) is 544 cm³/mol. The van der Waals surface area contributed by atoms with E-state index in [2.05, 4.69) is 56.5 Å². The van der Waals surface area contributed by atoms with Crippen molar-refractivity contribution in [3.63, 3.8) is 0 Å². The molecule has 0 aromatic heterocycles. The zero-order valence-electron chi connectivity index (χ0n) is 80.0. The van der Waals surface area contributed by atoms with Crippen LogP contribution in [0.2, 0.25) is 0 Å². The molecule has 8 aromatic carbocycles. The van der Waals surface area contributed by atoms with E-state index in [-0.39, 0.29) is 156 Å². The highest BCUT2D eigenvalue weighted by Gasteiger charge is 2.37. The summed E-state index contributed by atoms with van der Waals surface area (Å²) in [5.41, 5.74) is 37.3. The number of halogens is 2. The van der Waals surface area contributed by atoms with Gasteiger partial charge in [0, 0.05) is 118 Å². The largest absolute Gasteiger partial charge is 0.544 e. The van der Waals surface area contributed by atoms with Crippen molar-refractivity contribution in [2.75, 3.05) is 28.7 Å². The number of carboxylic acid groups (broad SMARTS) is 8. The first-order valence-electron chi connectivity index (χ1n) is 43.7. The quantitative estimate of drug-likeness (QED) is 0.0126. The molecule has 0 aliphatic heterocycles. The predicted octanol–water partition coefficient (Wildman–Crippen LogP) is -5.72. The van der Waals surface area contributed by atoms with Gasteiger partial charge in [0.25, 0.3) is 5.91 Å². The van der Waals surface area contributed by atoms with Crippen molar-refractivity contribution in [2.24, 2.45) is 0 Å². The monoisotopic (exact) mass is 2150 g/mol. The lowest BCUT2D eigenvalue weighted by molar-refractivity contribution is -0.437. The first kappa shape index (κ1) is 151. The molecule has 0 heterocycles. The molecular weight excluding hydrogens is 1990 g/mol. The number of aryl methyl sites for hydroxylation is 1. The minimum Gasteiger partial charge on any atom is -0.544 e. The summed E-state index contributed by atoms with van der Waals surface area (Å²) in [4.78, 5) is 194. The summed E-state index contributed by atoms with van der Waals surface area (Å²) < 4.78 is 61.8. The normalized spacial score (nSPS) is 11.8. The van der Waals surface area contributed by atoms with Gasteiger partial charge in [-0.15, -0.1) is 0 Å². The first-order chi connectivity index (χ1) is 66.1. The van der Waals surface area contributed by atoms with E-state index in [1.54, 1.807) is 91.9 Å². The van der Waals surface area contributed by atoms with Crippen LogP contribution < -0.4 is 97.4 Å². The summed E-state index contributed by atoms with van der Waals surface area (Å²) in [7, 11) is -4.95. The van der Waals surface area contributed by atoms with E-state index in [0.29, 0.717) is 59.4 Å². The second kappa shape index (κ2) is 76.9. The van der Waals surface area contributed by atoms with E-state index in [1.165, 1.54) is 77.9 Å². The van der Waals surface area contributed by atoms with Crippen molar-refractivity contribution in [1.29, 1.82) is 0 Å². The van der Waals surface area contributed by atoms with Crippen molar-refractivity contribution >= 4 is 138 Å². The highest BCUT2D eigenvalue weighted by molar-refractivity contribution is 7.92. The summed E-state index contributed by atoms with van der Waals surface area (Å²) in [6.45, 7) is 10.9. The van der Waals surface area contributed by atoms with Gasteiger partial charge in [-0.1, -0.05) is 205 Å². The van der Waals surface area contributed by atoms with Crippen LogP contribution in [-0.4, -0.2) is 185 Å². The van der Waals surface area contributed by atoms with Gasteiger partial charge in [-0.2, -0.15) is 8.78 Å².